The van der Waals surface area contributed by atoms with Crippen LogP contribution in [0.5, 0.6) is 0 Å². The molecule has 0 atom stereocenters. The number of hydrogen-bond donors (Lipinski definition) is 1. The fraction of sp³-hybridized carbons (Fsp3) is 0.0833. The minimum Gasteiger partial charge on any atom is -0.458 e. The Morgan fingerprint density at radius 3 is 2.72 bits per heavy atom. The third kappa shape index (κ3) is 2.76. The van der Waals surface area contributed by atoms with Gasteiger partial charge in [-0.05, 0) is 28.1 Å². The van der Waals surface area contributed by atoms with Crippen LogP contribution in [0.2, 0.25) is 0 Å². The van der Waals surface area contributed by atoms with Crippen molar-refractivity contribution in [3.05, 3.63) is 58.0 Å². The molecule has 0 fully saturated rings. The van der Waals surface area contributed by atoms with Crippen LogP contribution in [0.25, 0.3) is 0 Å². The molecule has 0 unspecified atom stereocenters. The summed E-state index contributed by atoms with van der Waals surface area (Å²) in [6, 6.07) is 4.76. The lowest BCUT2D eigenvalue weighted by Gasteiger charge is -2.05. The van der Waals surface area contributed by atoms with Gasteiger partial charge in [-0.2, -0.15) is 0 Å². The SMILES string of the molecule is O=C(NCc1ccc(F)cc1F)c1occc1Br. The molecule has 0 radical (unpaired) electrons. The summed E-state index contributed by atoms with van der Waals surface area (Å²) in [6.45, 7) is -0.0436. The van der Waals surface area contributed by atoms with Crippen LogP contribution < -0.4 is 5.32 Å². The van der Waals surface area contributed by atoms with Crippen molar-refractivity contribution < 1.29 is 18.0 Å². The highest BCUT2D eigenvalue weighted by atomic mass is 79.9. The molecule has 0 spiro atoms. The highest BCUT2D eigenvalue weighted by Crippen LogP contribution is 2.17. The lowest BCUT2D eigenvalue weighted by molar-refractivity contribution is 0.0922. The van der Waals surface area contributed by atoms with Crippen molar-refractivity contribution in [3.63, 3.8) is 0 Å². The predicted octanol–water partition coefficient (Wildman–Crippen LogP) is 3.25. The molecular weight excluding hydrogens is 308 g/mol. The van der Waals surface area contributed by atoms with Crippen molar-refractivity contribution in [2.45, 2.75) is 6.54 Å². The van der Waals surface area contributed by atoms with Gasteiger partial charge in [0.2, 0.25) is 5.76 Å². The van der Waals surface area contributed by atoms with E-state index < -0.39 is 17.5 Å². The normalized spacial score (nSPS) is 10.4. The Bertz CT molecular complexity index is 583. The first kappa shape index (κ1) is 12.8. The molecule has 2 rings (SSSR count). The number of amides is 1. The quantitative estimate of drug-likeness (QED) is 0.944. The summed E-state index contributed by atoms with van der Waals surface area (Å²) in [5.74, 6) is -1.72. The molecule has 1 heterocycles. The van der Waals surface area contributed by atoms with Gasteiger partial charge in [0.05, 0.1) is 10.7 Å². The molecule has 6 heteroatoms. The van der Waals surface area contributed by atoms with Gasteiger partial charge in [-0.25, -0.2) is 8.78 Å². The summed E-state index contributed by atoms with van der Waals surface area (Å²) in [6.07, 6.45) is 1.36. The van der Waals surface area contributed by atoms with Crippen molar-refractivity contribution in [1.29, 1.82) is 0 Å². The lowest BCUT2D eigenvalue weighted by atomic mass is 10.2. The Hall–Kier alpha value is -1.69. The second-order valence-corrected chi connectivity index (χ2v) is 4.37. The van der Waals surface area contributed by atoms with E-state index in [0.29, 0.717) is 4.47 Å². The average Bonchev–Trinajstić information content (AvgIpc) is 2.74. The Morgan fingerprint density at radius 1 is 1.33 bits per heavy atom. The molecule has 0 bridgehead atoms. The van der Waals surface area contributed by atoms with Crippen LogP contribution in [-0.4, -0.2) is 5.91 Å². The highest BCUT2D eigenvalue weighted by Gasteiger charge is 2.14. The van der Waals surface area contributed by atoms with Crippen molar-refractivity contribution in [1.82, 2.24) is 5.32 Å². The van der Waals surface area contributed by atoms with Gasteiger partial charge in [0.1, 0.15) is 11.6 Å². The van der Waals surface area contributed by atoms with E-state index in [1.165, 1.54) is 12.3 Å². The molecule has 1 aromatic heterocycles. The van der Waals surface area contributed by atoms with Crippen LogP contribution in [0.3, 0.4) is 0 Å². The van der Waals surface area contributed by atoms with Crippen LogP contribution >= 0.6 is 15.9 Å². The molecule has 1 N–H and O–H groups in total. The van der Waals surface area contributed by atoms with Gasteiger partial charge in [-0.3, -0.25) is 4.79 Å². The minimum atomic E-state index is -0.700. The first-order chi connectivity index (χ1) is 8.58. The van der Waals surface area contributed by atoms with Crippen LogP contribution in [-0.2, 0) is 6.54 Å². The monoisotopic (exact) mass is 315 g/mol. The maximum Gasteiger partial charge on any atom is 0.288 e. The van der Waals surface area contributed by atoms with Gasteiger partial charge in [0, 0.05) is 18.2 Å². The zero-order valence-electron chi connectivity index (χ0n) is 9.04. The Balaban J connectivity index is 2.04. The third-order valence-corrected chi connectivity index (χ3v) is 2.90. The highest BCUT2D eigenvalue weighted by molar-refractivity contribution is 9.10. The lowest BCUT2D eigenvalue weighted by Crippen LogP contribution is -2.23. The average molecular weight is 316 g/mol. The number of furan rings is 1. The third-order valence-electron chi connectivity index (χ3n) is 2.28. The number of nitrogens with one attached hydrogen (secondary N) is 1. The van der Waals surface area contributed by atoms with Crippen LogP contribution in [0.1, 0.15) is 16.1 Å². The van der Waals surface area contributed by atoms with Crippen molar-refractivity contribution in [2.24, 2.45) is 0 Å². The molecule has 2 aromatic rings. The Labute approximate surface area is 110 Å². The molecular formula is C12H8BrF2NO2. The maximum absolute atomic E-state index is 13.3. The van der Waals surface area contributed by atoms with Crippen LogP contribution in [0, 0.1) is 11.6 Å². The largest absolute Gasteiger partial charge is 0.458 e. The fourth-order valence-electron chi connectivity index (χ4n) is 1.38. The number of carbonyl (C=O) groups is 1. The zero-order valence-corrected chi connectivity index (χ0v) is 10.6. The van der Waals surface area contributed by atoms with E-state index in [-0.39, 0.29) is 17.9 Å². The Kier molecular flexibility index (Phi) is 3.76. The van der Waals surface area contributed by atoms with E-state index >= 15 is 0 Å². The van der Waals surface area contributed by atoms with Gasteiger partial charge >= 0.3 is 0 Å². The van der Waals surface area contributed by atoms with Gasteiger partial charge in [-0.15, -0.1) is 0 Å². The Morgan fingerprint density at radius 2 is 2.11 bits per heavy atom. The van der Waals surface area contributed by atoms with E-state index in [4.69, 9.17) is 4.42 Å². The second-order valence-electron chi connectivity index (χ2n) is 3.52. The number of benzene rings is 1. The summed E-state index contributed by atoms with van der Waals surface area (Å²) >= 11 is 3.14. The first-order valence-electron chi connectivity index (χ1n) is 5.03. The summed E-state index contributed by atoms with van der Waals surface area (Å²) in [4.78, 5) is 11.6. The smallest absolute Gasteiger partial charge is 0.288 e. The standard InChI is InChI=1S/C12H8BrF2NO2/c13-9-3-4-18-11(9)12(17)16-6-7-1-2-8(14)5-10(7)15/h1-5H,6H2,(H,16,17). The molecule has 0 aliphatic rings. The van der Waals surface area contributed by atoms with Crippen LogP contribution in [0.4, 0.5) is 8.78 Å². The molecule has 3 nitrogen and oxygen atoms in total. The molecule has 1 aromatic carbocycles. The fourth-order valence-corrected chi connectivity index (χ4v) is 1.76. The minimum absolute atomic E-state index is 0.0436. The number of rotatable bonds is 3. The topological polar surface area (TPSA) is 42.2 Å². The summed E-state index contributed by atoms with van der Waals surface area (Å²) < 4.78 is 31.4. The number of hydrogen-bond acceptors (Lipinski definition) is 2. The maximum atomic E-state index is 13.3. The summed E-state index contributed by atoms with van der Waals surface area (Å²) in [5.41, 5.74) is 0.201. The number of carbonyl (C=O) groups excluding carboxylic acids is 1. The molecule has 0 saturated heterocycles. The van der Waals surface area contributed by atoms with E-state index in [9.17, 15) is 13.6 Å². The molecule has 0 saturated carbocycles. The predicted molar refractivity (Wildman–Crippen MR) is 63.9 cm³/mol. The van der Waals surface area contributed by atoms with E-state index in [0.717, 1.165) is 12.1 Å². The molecule has 1 amide bonds. The van der Waals surface area contributed by atoms with Gasteiger partial charge < -0.3 is 9.73 Å². The molecule has 0 aliphatic carbocycles. The second kappa shape index (κ2) is 5.30. The summed E-state index contributed by atoms with van der Waals surface area (Å²) in [7, 11) is 0. The molecule has 18 heavy (non-hydrogen) atoms. The van der Waals surface area contributed by atoms with Crippen molar-refractivity contribution in [2.75, 3.05) is 0 Å². The van der Waals surface area contributed by atoms with E-state index in [2.05, 4.69) is 21.2 Å². The van der Waals surface area contributed by atoms with Crippen LogP contribution in [0.15, 0.2) is 39.4 Å². The summed E-state index contributed by atoms with van der Waals surface area (Å²) in [5, 5.41) is 2.48. The van der Waals surface area contributed by atoms with Crippen molar-refractivity contribution >= 4 is 21.8 Å². The van der Waals surface area contributed by atoms with Gasteiger partial charge in [0.15, 0.2) is 0 Å². The molecule has 94 valence electrons. The first-order valence-corrected chi connectivity index (χ1v) is 5.82. The van der Waals surface area contributed by atoms with E-state index in [1.807, 2.05) is 0 Å². The molecule has 0 aliphatic heterocycles. The van der Waals surface area contributed by atoms with Crippen molar-refractivity contribution in [3.8, 4) is 0 Å². The zero-order chi connectivity index (χ0) is 13.1. The number of halogens is 3. The van der Waals surface area contributed by atoms with Gasteiger partial charge in [-0.1, -0.05) is 6.07 Å². The van der Waals surface area contributed by atoms with Gasteiger partial charge in [0.25, 0.3) is 5.91 Å². The van der Waals surface area contributed by atoms with E-state index in [1.54, 1.807) is 6.07 Å².